The van der Waals surface area contributed by atoms with Crippen LogP contribution in [0.15, 0.2) is 35.7 Å². The lowest BCUT2D eigenvalue weighted by molar-refractivity contribution is -0.147. The van der Waals surface area contributed by atoms with Crippen molar-refractivity contribution in [2.24, 2.45) is 17.8 Å². The van der Waals surface area contributed by atoms with Gasteiger partial charge in [0.05, 0.1) is 6.04 Å². The van der Waals surface area contributed by atoms with E-state index >= 15 is 0 Å². The SMILES string of the molecule is CC[C@H](C)C(NC(=O)C1CCCCN1C)C(=O)NC(CC(OC(C)=O)c1nc(C(=O)NC(Cc2ccccc2)CC(C)CO)cs1)C(C)C. The highest BCUT2D eigenvalue weighted by atomic mass is 32.1. The number of carbonyl (C=O) groups is 4. The Morgan fingerprint density at radius 3 is 2.37 bits per heavy atom. The van der Waals surface area contributed by atoms with Crippen molar-refractivity contribution < 1.29 is 29.0 Å². The van der Waals surface area contributed by atoms with Gasteiger partial charge in [-0.3, -0.25) is 24.1 Å². The second-order valence-corrected chi connectivity index (χ2v) is 14.9. The summed E-state index contributed by atoms with van der Waals surface area (Å²) in [7, 11) is 1.94. The number of hydrogen-bond acceptors (Lipinski definition) is 9. The molecule has 1 aromatic heterocycles. The van der Waals surface area contributed by atoms with Crippen LogP contribution in [0, 0.1) is 17.8 Å². The molecule has 0 aliphatic carbocycles. The fourth-order valence-corrected chi connectivity index (χ4v) is 7.05. The molecule has 1 aliphatic rings. The van der Waals surface area contributed by atoms with E-state index in [0.717, 1.165) is 31.4 Å². The number of hydrogen-bond donors (Lipinski definition) is 4. The third kappa shape index (κ3) is 12.5. The monoisotopic (exact) mass is 699 g/mol. The number of aromatic nitrogens is 1. The molecule has 11 nitrogen and oxygen atoms in total. The van der Waals surface area contributed by atoms with Crippen LogP contribution in [0.5, 0.6) is 0 Å². The van der Waals surface area contributed by atoms with Gasteiger partial charge in [0.25, 0.3) is 5.91 Å². The number of aliphatic hydroxyl groups excluding tert-OH is 1. The van der Waals surface area contributed by atoms with Crippen LogP contribution in [-0.2, 0) is 25.5 Å². The van der Waals surface area contributed by atoms with Crippen LogP contribution in [-0.4, -0.2) is 83.0 Å². The van der Waals surface area contributed by atoms with Gasteiger partial charge in [-0.05, 0) is 62.6 Å². The molecule has 7 atom stereocenters. The highest BCUT2D eigenvalue weighted by Gasteiger charge is 2.34. The molecule has 1 aliphatic heterocycles. The molecule has 6 unspecified atom stereocenters. The number of aliphatic hydroxyl groups is 1. The average Bonchev–Trinajstić information content (AvgIpc) is 3.57. The van der Waals surface area contributed by atoms with Crippen molar-refractivity contribution in [3.63, 3.8) is 0 Å². The lowest BCUT2D eigenvalue weighted by atomic mass is 9.94. The Bertz CT molecular complexity index is 1350. The summed E-state index contributed by atoms with van der Waals surface area (Å²) in [4.78, 5) is 59.4. The summed E-state index contributed by atoms with van der Waals surface area (Å²) >= 11 is 1.23. The second kappa shape index (κ2) is 19.7. The number of amides is 3. The normalized spacial score (nSPS) is 18.8. The number of likely N-dealkylation sites (tertiary alicyclic amines) is 1. The van der Waals surface area contributed by atoms with Gasteiger partial charge in [0.1, 0.15) is 16.7 Å². The van der Waals surface area contributed by atoms with Crippen LogP contribution in [0.3, 0.4) is 0 Å². The Hall–Kier alpha value is -3.35. The summed E-state index contributed by atoms with van der Waals surface area (Å²) in [5, 5.41) is 21.0. The largest absolute Gasteiger partial charge is 0.455 e. The number of nitrogens with one attached hydrogen (secondary N) is 3. The van der Waals surface area contributed by atoms with Gasteiger partial charge in [0.2, 0.25) is 11.8 Å². The third-order valence-electron chi connectivity index (χ3n) is 9.46. The minimum atomic E-state index is -0.793. The van der Waals surface area contributed by atoms with Crippen LogP contribution in [0.25, 0.3) is 0 Å². The van der Waals surface area contributed by atoms with E-state index in [1.807, 2.05) is 76.9 Å². The van der Waals surface area contributed by atoms with Crippen molar-refractivity contribution in [1.82, 2.24) is 25.8 Å². The van der Waals surface area contributed by atoms with E-state index in [1.54, 1.807) is 5.38 Å². The van der Waals surface area contributed by atoms with Gasteiger partial charge in [-0.2, -0.15) is 0 Å². The van der Waals surface area contributed by atoms with Gasteiger partial charge in [0, 0.05) is 37.4 Å². The van der Waals surface area contributed by atoms with E-state index in [9.17, 15) is 24.3 Å². The Balaban J connectivity index is 1.75. The number of likely N-dealkylation sites (N-methyl/N-ethyl adjacent to an activating group) is 1. The van der Waals surface area contributed by atoms with E-state index in [1.165, 1.54) is 18.3 Å². The summed E-state index contributed by atoms with van der Waals surface area (Å²) < 4.78 is 5.73. The smallest absolute Gasteiger partial charge is 0.303 e. The number of carbonyl (C=O) groups excluding carboxylic acids is 4. The average molecular weight is 700 g/mol. The molecule has 0 bridgehead atoms. The fourth-order valence-electron chi connectivity index (χ4n) is 6.21. The number of nitrogens with zero attached hydrogens (tertiary/aromatic N) is 2. The summed E-state index contributed by atoms with van der Waals surface area (Å²) in [5.41, 5.74) is 1.29. The van der Waals surface area contributed by atoms with Gasteiger partial charge in [-0.15, -0.1) is 11.3 Å². The van der Waals surface area contributed by atoms with Crippen molar-refractivity contribution in [1.29, 1.82) is 0 Å². The predicted octanol–water partition coefficient (Wildman–Crippen LogP) is 4.65. The molecule has 2 aromatic rings. The standard InChI is InChI=1S/C37H57N5O6S/c1-8-25(5)33(41-35(46)31-16-12-13-17-42(31)7)36(47)39-29(23(2)3)20-32(48-26(6)44)37-40-30(22-49-37)34(45)38-28(18-24(4)21-43)19-27-14-10-9-11-15-27/h9-11,14-15,22-25,28-29,31-33,43H,8,12-13,16-21H2,1-7H3,(H,38,45)(H,39,47)(H,41,46)/t24?,25-,28?,29?,31?,32?,33?/m0/s1. The topological polar surface area (TPSA) is 150 Å². The number of ether oxygens (including phenoxy) is 1. The van der Waals surface area contributed by atoms with Crippen molar-refractivity contribution in [2.45, 2.75) is 117 Å². The first-order chi connectivity index (χ1) is 23.3. The van der Waals surface area contributed by atoms with Gasteiger partial charge < -0.3 is 25.8 Å². The minimum Gasteiger partial charge on any atom is -0.455 e. The molecule has 1 fully saturated rings. The minimum absolute atomic E-state index is 0.00152. The molecule has 12 heteroatoms. The maximum Gasteiger partial charge on any atom is 0.303 e. The Morgan fingerprint density at radius 2 is 1.76 bits per heavy atom. The molecule has 1 aromatic carbocycles. The van der Waals surface area contributed by atoms with Crippen LogP contribution in [0.1, 0.15) is 107 Å². The maximum absolute atomic E-state index is 13.8. The Labute approximate surface area is 296 Å². The van der Waals surface area contributed by atoms with Crippen molar-refractivity contribution in [2.75, 3.05) is 20.2 Å². The molecule has 3 amide bonds. The van der Waals surface area contributed by atoms with Crippen LogP contribution < -0.4 is 16.0 Å². The molecule has 49 heavy (non-hydrogen) atoms. The summed E-state index contributed by atoms with van der Waals surface area (Å²) in [5.74, 6) is -1.38. The summed E-state index contributed by atoms with van der Waals surface area (Å²) in [6.07, 6.45) is 4.15. The molecule has 4 N–H and O–H groups in total. The van der Waals surface area contributed by atoms with E-state index in [2.05, 4.69) is 20.9 Å². The van der Waals surface area contributed by atoms with Crippen LogP contribution >= 0.6 is 11.3 Å². The van der Waals surface area contributed by atoms with Crippen LogP contribution in [0.2, 0.25) is 0 Å². The lowest BCUT2D eigenvalue weighted by Crippen LogP contribution is -2.57. The molecule has 2 heterocycles. The van der Waals surface area contributed by atoms with Crippen molar-refractivity contribution >= 4 is 35.0 Å². The van der Waals surface area contributed by atoms with Crippen LogP contribution in [0.4, 0.5) is 0 Å². The van der Waals surface area contributed by atoms with Gasteiger partial charge in [-0.1, -0.05) is 77.8 Å². The molecule has 0 spiro atoms. The van der Waals surface area contributed by atoms with E-state index in [-0.39, 0.29) is 66.3 Å². The molecular weight excluding hydrogens is 643 g/mol. The van der Waals surface area contributed by atoms with Gasteiger partial charge >= 0.3 is 5.97 Å². The molecular formula is C37H57N5O6S. The summed E-state index contributed by atoms with van der Waals surface area (Å²) in [6.45, 7) is 12.0. The molecule has 0 radical (unpaired) electrons. The first kappa shape index (κ1) is 40.1. The number of piperidine rings is 1. The first-order valence-electron chi connectivity index (χ1n) is 17.7. The fraction of sp³-hybridized carbons (Fsp3) is 0.649. The molecule has 3 rings (SSSR count). The Kier molecular flexibility index (Phi) is 16.1. The number of benzene rings is 1. The zero-order valence-electron chi connectivity index (χ0n) is 30.2. The zero-order chi connectivity index (χ0) is 36.1. The van der Waals surface area contributed by atoms with Crippen molar-refractivity contribution in [3.8, 4) is 0 Å². The first-order valence-corrected chi connectivity index (χ1v) is 18.6. The molecule has 272 valence electrons. The predicted molar refractivity (Wildman–Crippen MR) is 192 cm³/mol. The lowest BCUT2D eigenvalue weighted by Gasteiger charge is -2.34. The highest BCUT2D eigenvalue weighted by molar-refractivity contribution is 7.09. The zero-order valence-corrected chi connectivity index (χ0v) is 31.1. The second-order valence-electron chi connectivity index (χ2n) is 14.0. The number of rotatable bonds is 18. The van der Waals surface area contributed by atoms with Gasteiger partial charge in [0.15, 0.2) is 6.10 Å². The maximum atomic E-state index is 13.8. The number of thiazole rings is 1. The van der Waals surface area contributed by atoms with E-state index in [0.29, 0.717) is 24.3 Å². The molecule has 0 saturated carbocycles. The summed E-state index contributed by atoms with van der Waals surface area (Å²) in [6, 6.07) is 8.26. The highest BCUT2D eigenvalue weighted by Crippen LogP contribution is 2.29. The van der Waals surface area contributed by atoms with Crippen molar-refractivity contribution in [3.05, 3.63) is 52.0 Å². The number of esters is 1. The van der Waals surface area contributed by atoms with E-state index < -0.39 is 24.2 Å². The van der Waals surface area contributed by atoms with Gasteiger partial charge in [-0.25, -0.2) is 4.98 Å². The quantitative estimate of drug-likeness (QED) is 0.164. The molecule has 1 saturated heterocycles. The Morgan fingerprint density at radius 1 is 1.04 bits per heavy atom. The van der Waals surface area contributed by atoms with E-state index in [4.69, 9.17) is 4.74 Å². The third-order valence-corrected chi connectivity index (χ3v) is 10.4.